The standard InChI is InChI=1S/C18H16Cl2N2O3/c1-2-5-12-6-3-7-13(18(12)24)10-21-22-16(23)11-25-15-9-4-8-14(19)17(15)20/h2-4,6-10,24H,1,5,11H2,(H,22,23)/b21-10-. The molecule has 0 unspecified atom stereocenters. The second-order valence-electron chi connectivity index (χ2n) is 4.98. The Labute approximate surface area is 155 Å². The summed E-state index contributed by atoms with van der Waals surface area (Å²) in [7, 11) is 0. The first-order valence-electron chi connectivity index (χ1n) is 7.33. The van der Waals surface area contributed by atoms with Crippen molar-refractivity contribution in [3.63, 3.8) is 0 Å². The highest BCUT2D eigenvalue weighted by molar-refractivity contribution is 6.42. The SMILES string of the molecule is C=CCc1cccc(/C=N\NC(=O)COc2cccc(Cl)c2Cl)c1O. The number of carbonyl (C=O) groups excluding carboxylic acids is 1. The number of benzene rings is 2. The molecule has 0 bridgehead atoms. The number of hydrazone groups is 1. The van der Waals surface area contributed by atoms with Gasteiger partial charge in [-0.2, -0.15) is 5.10 Å². The third-order valence-corrected chi connectivity index (χ3v) is 3.98. The van der Waals surface area contributed by atoms with Crippen molar-refractivity contribution < 1.29 is 14.6 Å². The Bertz CT molecular complexity index is 807. The van der Waals surface area contributed by atoms with Crippen molar-refractivity contribution in [1.82, 2.24) is 5.43 Å². The first kappa shape index (κ1) is 18.8. The van der Waals surface area contributed by atoms with Crippen molar-refractivity contribution in [2.75, 3.05) is 6.61 Å². The summed E-state index contributed by atoms with van der Waals surface area (Å²) in [4.78, 5) is 11.8. The molecule has 1 amide bonds. The number of hydrogen-bond acceptors (Lipinski definition) is 4. The van der Waals surface area contributed by atoms with Gasteiger partial charge in [0, 0.05) is 5.56 Å². The number of amides is 1. The molecule has 0 spiro atoms. The summed E-state index contributed by atoms with van der Waals surface area (Å²) in [5, 5.41) is 14.5. The lowest BCUT2D eigenvalue weighted by molar-refractivity contribution is -0.123. The molecule has 0 aliphatic carbocycles. The number of hydrogen-bond donors (Lipinski definition) is 2. The highest BCUT2D eigenvalue weighted by Gasteiger charge is 2.08. The number of ether oxygens (including phenoxy) is 1. The van der Waals surface area contributed by atoms with Gasteiger partial charge in [-0.05, 0) is 30.2 Å². The van der Waals surface area contributed by atoms with Crippen LogP contribution in [0.15, 0.2) is 54.2 Å². The average molecular weight is 379 g/mol. The van der Waals surface area contributed by atoms with Crippen LogP contribution >= 0.6 is 23.2 Å². The lowest BCUT2D eigenvalue weighted by atomic mass is 10.1. The molecule has 0 radical (unpaired) electrons. The molecule has 0 saturated carbocycles. The molecule has 25 heavy (non-hydrogen) atoms. The molecule has 2 rings (SSSR count). The van der Waals surface area contributed by atoms with Crippen LogP contribution in [0.3, 0.4) is 0 Å². The molecular weight excluding hydrogens is 363 g/mol. The van der Waals surface area contributed by atoms with Crippen molar-refractivity contribution in [1.29, 1.82) is 0 Å². The third-order valence-electron chi connectivity index (χ3n) is 3.18. The number of allylic oxidation sites excluding steroid dienone is 1. The van der Waals surface area contributed by atoms with Crippen LogP contribution in [0.4, 0.5) is 0 Å². The van der Waals surface area contributed by atoms with E-state index in [1.54, 1.807) is 42.5 Å². The number of phenolic OH excluding ortho intramolecular Hbond substituents is 1. The van der Waals surface area contributed by atoms with E-state index in [1.807, 2.05) is 0 Å². The van der Waals surface area contributed by atoms with Gasteiger partial charge in [-0.25, -0.2) is 5.43 Å². The number of phenols is 1. The molecule has 0 saturated heterocycles. The summed E-state index contributed by atoms with van der Waals surface area (Å²) in [6.45, 7) is 3.36. The van der Waals surface area contributed by atoms with Crippen LogP contribution in [0.1, 0.15) is 11.1 Å². The van der Waals surface area contributed by atoms with Gasteiger partial charge in [-0.1, -0.05) is 47.5 Å². The van der Waals surface area contributed by atoms with E-state index in [2.05, 4.69) is 17.1 Å². The van der Waals surface area contributed by atoms with E-state index in [0.29, 0.717) is 22.8 Å². The molecule has 0 fully saturated rings. The van der Waals surface area contributed by atoms with Crippen LogP contribution in [0.2, 0.25) is 10.0 Å². The van der Waals surface area contributed by atoms with Crippen LogP contribution in [0, 0.1) is 0 Å². The van der Waals surface area contributed by atoms with Crippen molar-refractivity contribution in [3.8, 4) is 11.5 Å². The monoisotopic (exact) mass is 378 g/mol. The Morgan fingerprint density at radius 2 is 2.04 bits per heavy atom. The maximum atomic E-state index is 11.8. The van der Waals surface area contributed by atoms with E-state index >= 15 is 0 Å². The minimum absolute atomic E-state index is 0.0994. The largest absolute Gasteiger partial charge is 0.507 e. The summed E-state index contributed by atoms with van der Waals surface area (Å²) >= 11 is 11.8. The van der Waals surface area contributed by atoms with Gasteiger partial charge in [0.2, 0.25) is 0 Å². The van der Waals surface area contributed by atoms with E-state index < -0.39 is 5.91 Å². The van der Waals surface area contributed by atoms with Gasteiger partial charge < -0.3 is 9.84 Å². The number of carbonyl (C=O) groups is 1. The van der Waals surface area contributed by atoms with Gasteiger partial charge in [0.1, 0.15) is 16.5 Å². The summed E-state index contributed by atoms with van der Waals surface area (Å²) in [5.74, 6) is -0.0700. The van der Waals surface area contributed by atoms with Crippen LogP contribution in [-0.2, 0) is 11.2 Å². The van der Waals surface area contributed by atoms with Crippen LogP contribution in [0.25, 0.3) is 0 Å². The maximum Gasteiger partial charge on any atom is 0.277 e. The van der Waals surface area contributed by atoms with Crippen molar-refractivity contribution in [3.05, 3.63) is 70.2 Å². The lowest BCUT2D eigenvalue weighted by Gasteiger charge is -2.07. The number of rotatable bonds is 7. The van der Waals surface area contributed by atoms with E-state index in [9.17, 15) is 9.90 Å². The molecule has 5 nitrogen and oxygen atoms in total. The Morgan fingerprint density at radius 3 is 2.80 bits per heavy atom. The molecule has 0 aliphatic rings. The zero-order valence-corrected chi connectivity index (χ0v) is 14.7. The minimum Gasteiger partial charge on any atom is -0.507 e. The summed E-state index contributed by atoms with van der Waals surface area (Å²) < 4.78 is 5.29. The number of nitrogens with one attached hydrogen (secondary N) is 1. The van der Waals surface area contributed by atoms with Crippen LogP contribution < -0.4 is 10.2 Å². The molecule has 0 aromatic heterocycles. The third kappa shape index (κ3) is 5.24. The van der Waals surface area contributed by atoms with E-state index in [-0.39, 0.29) is 17.4 Å². The Kier molecular flexibility index (Phi) is 6.86. The van der Waals surface area contributed by atoms with Crippen LogP contribution in [-0.4, -0.2) is 23.8 Å². The molecule has 0 aliphatic heterocycles. The number of nitrogens with zero attached hydrogens (tertiary/aromatic N) is 1. The lowest BCUT2D eigenvalue weighted by Crippen LogP contribution is -2.24. The number of aromatic hydroxyl groups is 1. The van der Waals surface area contributed by atoms with Gasteiger partial charge in [0.25, 0.3) is 5.91 Å². The number of halogens is 2. The Morgan fingerprint density at radius 1 is 1.28 bits per heavy atom. The maximum absolute atomic E-state index is 11.8. The van der Waals surface area contributed by atoms with Gasteiger partial charge in [-0.15, -0.1) is 6.58 Å². The zero-order chi connectivity index (χ0) is 18.2. The molecule has 2 aromatic rings. The zero-order valence-electron chi connectivity index (χ0n) is 13.2. The van der Waals surface area contributed by atoms with Gasteiger partial charge in [-0.3, -0.25) is 4.79 Å². The van der Waals surface area contributed by atoms with Gasteiger partial charge in [0.15, 0.2) is 6.61 Å². The second kappa shape index (κ2) is 9.11. The quantitative estimate of drug-likeness (QED) is 0.435. The highest BCUT2D eigenvalue weighted by atomic mass is 35.5. The first-order chi connectivity index (χ1) is 12.0. The summed E-state index contributed by atoms with van der Waals surface area (Å²) in [6.07, 6.45) is 3.58. The minimum atomic E-state index is -0.478. The molecule has 0 atom stereocenters. The predicted molar refractivity (Wildman–Crippen MR) is 99.7 cm³/mol. The number of para-hydroxylation sites is 1. The van der Waals surface area contributed by atoms with E-state index in [1.165, 1.54) is 6.21 Å². The molecular formula is C18H16Cl2N2O3. The summed E-state index contributed by atoms with van der Waals surface area (Å²) in [5.41, 5.74) is 3.52. The smallest absolute Gasteiger partial charge is 0.277 e. The normalized spacial score (nSPS) is 10.6. The second-order valence-corrected chi connectivity index (χ2v) is 5.77. The van der Waals surface area contributed by atoms with Crippen molar-refractivity contribution in [2.45, 2.75) is 6.42 Å². The first-order valence-corrected chi connectivity index (χ1v) is 8.09. The van der Waals surface area contributed by atoms with Crippen molar-refractivity contribution in [2.24, 2.45) is 5.10 Å². The summed E-state index contributed by atoms with van der Waals surface area (Å²) in [6, 6.07) is 10.1. The van der Waals surface area contributed by atoms with E-state index in [4.69, 9.17) is 27.9 Å². The fourth-order valence-electron chi connectivity index (χ4n) is 1.98. The topological polar surface area (TPSA) is 70.9 Å². The van der Waals surface area contributed by atoms with Gasteiger partial charge >= 0.3 is 0 Å². The fourth-order valence-corrected chi connectivity index (χ4v) is 2.33. The fraction of sp³-hybridized carbons (Fsp3) is 0.111. The van der Waals surface area contributed by atoms with Crippen LogP contribution in [0.5, 0.6) is 11.5 Å². The average Bonchev–Trinajstić information content (AvgIpc) is 2.59. The molecule has 2 aromatic carbocycles. The highest BCUT2D eigenvalue weighted by Crippen LogP contribution is 2.31. The Hall–Kier alpha value is -2.50. The van der Waals surface area contributed by atoms with Crippen molar-refractivity contribution >= 4 is 35.3 Å². The molecule has 130 valence electrons. The Balaban J connectivity index is 1.91. The van der Waals surface area contributed by atoms with Gasteiger partial charge in [0.05, 0.1) is 11.2 Å². The molecule has 2 N–H and O–H groups in total. The van der Waals surface area contributed by atoms with E-state index in [0.717, 1.165) is 5.56 Å². The molecule has 7 heteroatoms. The molecule has 0 heterocycles. The predicted octanol–water partition coefficient (Wildman–Crippen LogP) is 3.96.